The van der Waals surface area contributed by atoms with Gasteiger partial charge in [0, 0.05) is 11.1 Å². The SMILES string of the molecule is CC(C)Oc1ccc(-n2c(C(=O)O)c(C=O)c3cc(B4OC(C)(C)C(C)(C)O4)ccc32)cc1. The third-order valence-corrected chi connectivity index (χ3v) is 6.34. The summed E-state index contributed by atoms with van der Waals surface area (Å²) in [4.78, 5) is 24.3. The highest BCUT2D eigenvalue weighted by atomic mass is 16.7. The molecule has 1 aliphatic rings. The van der Waals surface area contributed by atoms with Crippen LogP contribution < -0.4 is 10.2 Å². The zero-order valence-electron chi connectivity index (χ0n) is 19.7. The van der Waals surface area contributed by atoms with E-state index in [1.807, 2.05) is 47.6 Å². The van der Waals surface area contributed by atoms with Crippen molar-refractivity contribution in [1.82, 2.24) is 4.57 Å². The molecule has 7 nitrogen and oxygen atoms in total. The van der Waals surface area contributed by atoms with E-state index in [-0.39, 0.29) is 17.4 Å². The van der Waals surface area contributed by atoms with Crippen LogP contribution in [-0.4, -0.2) is 46.4 Å². The van der Waals surface area contributed by atoms with Gasteiger partial charge in [0.05, 0.1) is 28.4 Å². The predicted octanol–water partition coefficient (Wildman–Crippen LogP) is 4.23. The van der Waals surface area contributed by atoms with Gasteiger partial charge in [0.25, 0.3) is 0 Å². The van der Waals surface area contributed by atoms with E-state index in [0.717, 1.165) is 5.46 Å². The second kappa shape index (κ2) is 8.04. The molecule has 1 aromatic heterocycles. The number of carbonyl (C=O) groups is 2. The molecule has 4 rings (SSSR count). The van der Waals surface area contributed by atoms with Crippen LogP contribution in [0.2, 0.25) is 0 Å². The van der Waals surface area contributed by atoms with Gasteiger partial charge in [-0.1, -0.05) is 12.1 Å². The lowest BCUT2D eigenvalue weighted by molar-refractivity contribution is 0.00578. The molecule has 0 unspecified atom stereocenters. The number of fused-ring (bicyclic) bond motifs is 1. The van der Waals surface area contributed by atoms with Crippen LogP contribution in [0.3, 0.4) is 0 Å². The summed E-state index contributed by atoms with van der Waals surface area (Å²) in [6.45, 7) is 11.7. The lowest BCUT2D eigenvalue weighted by atomic mass is 9.78. The fourth-order valence-corrected chi connectivity index (χ4v) is 4.00. The summed E-state index contributed by atoms with van der Waals surface area (Å²) in [7, 11) is -0.622. The smallest absolute Gasteiger partial charge is 0.491 e. The molecule has 1 fully saturated rings. The summed E-state index contributed by atoms with van der Waals surface area (Å²) in [5, 5.41) is 10.5. The first kappa shape index (κ1) is 23.1. The quantitative estimate of drug-likeness (QED) is 0.448. The molecule has 0 atom stereocenters. The number of carboxylic acids is 1. The van der Waals surface area contributed by atoms with Crippen molar-refractivity contribution >= 4 is 35.7 Å². The Hall–Kier alpha value is -3.10. The number of ether oxygens (including phenoxy) is 1. The summed E-state index contributed by atoms with van der Waals surface area (Å²) in [5.41, 5.74) is 0.925. The molecule has 3 aromatic rings. The molecule has 1 aliphatic heterocycles. The molecule has 0 bridgehead atoms. The van der Waals surface area contributed by atoms with Crippen LogP contribution >= 0.6 is 0 Å². The van der Waals surface area contributed by atoms with Crippen molar-refractivity contribution in [3.05, 3.63) is 53.7 Å². The maximum atomic E-state index is 12.2. The van der Waals surface area contributed by atoms with E-state index < -0.39 is 24.3 Å². The Labute approximate surface area is 193 Å². The topological polar surface area (TPSA) is 87.0 Å². The van der Waals surface area contributed by atoms with Gasteiger partial charge in [-0.05, 0) is 77.3 Å². The van der Waals surface area contributed by atoms with Gasteiger partial charge >= 0.3 is 13.1 Å². The summed E-state index contributed by atoms with van der Waals surface area (Å²) in [5.74, 6) is -0.506. The number of carbonyl (C=O) groups excluding carboxylic acids is 1. The second-order valence-electron chi connectivity index (χ2n) is 9.55. The van der Waals surface area contributed by atoms with Crippen molar-refractivity contribution in [2.45, 2.75) is 58.8 Å². The van der Waals surface area contributed by atoms with Gasteiger partial charge in [-0.2, -0.15) is 0 Å². The molecule has 2 heterocycles. The van der Waals surface area contributed by atoms with Crippen molar-refractivity contribution in [2.24, 2.45) is 0 Å². The second-order valence-corrected chi connectivity index (χ2v) is 9.55. The van der Waals surface area contributed by atoms with Gasteiger partial charge in [0.1, 0.15) is 11.4 Å². The first-order valence-electron chi connectivity index (χ1n) is 10.9. The van der Waals surface area contributed by atoms with E-state index in [2.05, 4.69) is 0 Å². The number of carboxylic acid groups (broad SMARTS) is 1. The van der Waals surface area contributed by atoms with Gasteiger partial charge < -0.3 is 23.7 Å². The van der Waals surface area contributed by atoms with E-state index in [9.17, 15) is 14.7 Å². The molecule has 0 spiro atoms. The molecule has 172 valence electrons. The molecule has 0 aliphatic carbocycles. The molecule has 1 N–H and O–H groups in total. The molecule has 1 saturated heterocycles. The fourth-order valence-electron chi connectivity index (χ4n) is 4.00. The zero-order chi connectivity index (χ0) is 24.1. The highest BCUT2D eigenvalue weighted by Gasteiger charge is 2.51. The van der Waals surface area contributed by atoms with Gasteiger partial charge in [0.2, 0.25) is 0 Å². The molecule has 33 heavy (non-hydrogen) atoms. The van der Waals surface area contributed by atoms with Crippen molar-refractivity contribution in [3.8, 4) is 11.4 Å². The third-order valence-electron chi connectivity index (χ3n) is 6.34. The molecule has 0 radical (unpaired) electrons. The van der Waals surface area contributed by atoms with Crippen LogP contribution in [0.5, 0.6) is 5.75 Å². The maximum Gasteiger partial charge on any atom is 0.494 e. The zero-order valence-corrected chi connectivity index (χ0v) is 19.7. The first-order chi connectivity index (χ1) is 15.4. The Morgan fingerprint density at radius 1 is 1.06 bits per heavy atom. The maximum absolute atomic E-state index is 12.2. The van der Waals surface area contributed by atoms with Gasteiger partial charge in [0.15, 0.2) is 6.29 Å². The highest BCUT2D eigenvalue weighted by Crippen LogP contribution is 2.37. The highest BCUT2D eigenvalue weighted by molar-refractivity contribution is 6.62. The van der Waals surface area contributed by atoms with Crippen LogP contribution in [0.15, 0.2) is 42.5 Å². The summed E-state index contributed by atoms with van der Waals surface area (Å²) in [6, 6.07) is 12.5. The van der Waals surface area contributed by atoms with Crippen LogP contribution in [0.4, 0.5) is 0 Å². The van der Waals surface area contributed by atoms with Crippen molar-refractivity contribution < 1.29 is 28.7 Å². The van der Waals surface area contributed by atoms with Gasteiger partial charge in [-0.15, -0.1) is 0 Å². The van der Waals surface area contributed by atoms with Crippen LogP contribution in [0.25, 0.3) is 16.6 Å². The van der Waals surface area contributed by atoms with Gasteiger partial charge in [-0.25, -0.2) is 4.79 Å². The van der Waals surface area contributed by atoms with E-state index >= 15 is 0 Å². The minimum absolute atomic E-state index is 0.0212. The average Bonchev–Trinajstić information content (AvgIpc) is 3.17. The Morgan fingerprint density at radius 3 is 2.18 bits per heavy atom. The number of hydrogen-bond donors (Lipinski definition) is 1. The number of aromatic nitrogens is 1. The third kappa shape index (κ3) is 3.94. The molecular formula is C25H28BNO6. The Morgan fingerprint density at radius 2 is 1.67 bits per heavy atom. The minimum Gasteiger partial charge on any atom is -0.491 e. The van der Waals surface area contributed by atoms with Crippen molar-refractivity contribution in [3.63, 3.8) is 0 Å². The average molecular weight is 449 g/mol. The molecule has 0 amide bonds. The largest absolute Gasteiger partial charge is 0.494 e. The van der Waals surface area contributed by atoms with Crippen molar-refractivity contribution in [2.75, 3.05) is 0 Å². The Kier molecular flexibility index (Phi) is 5.62. The number of rotatable bonds is 6. The number of aromatic carboxylic acids is 1. The van der Waals surface area contributed by atoms with E-state index in [1.54, 1.807) is 41.0 Å². The van der Waals surface area contributed by atoms with E-state index in [0.29, 0.717) is 28.6 Å². The lowest BCUT2D eigenvalue weighted by Crippen LogP contribution is -2.41. The standard InChI is InChI=1S/C25H28BNO6/c1-15(2)31-18-10-8-17(9-11-18)27-21-12-7-16(26-32-24(3,4)25(5,6)33-26)13-19(21)20(14-28)22(27)23(29)30/h7-15H,1-6H3,(H,29,30). The fraction of sp³-hybridized carbons (Fsp3) is 0.360. The summed E-state index contributed by atoms with van der Waals surface area (Å²) < 4.78 is 19.5. The molecule has 0 saturated carbocycles. The molecule has 2 aromatic carbocycles. The normalized spacial score (nSPS) is 17.0. The number of hydrogen-bond acceptors (Lipinski definition) is 5. The van der Waals surface area contributed by atoms with Gasteiger partial charge in [-0.3, -0.25) is 4.79 Å². The van der Waals surface area contributed by atoms with E-state index in [1.165, 1.54) is 0 Å². The van der Waals surface area contributed by atoms with Crippen molar-refractivity contribution in [1.29, 1.82) is 0 Å². The lowest BCUT2D eigenvalue weighted by Gasteiger charge is -2.32. The first-order valence-corrected chi connectivity index (χ1v) is 10.9. The predicted molar refractivity (Wildman–Crippen MR) is 127 cm³/mol. The summed E-state index contributed by atoms with van der Waals surface area (Å²) >= 11 is 0. The monoisotopic (exact) mass is 449 g/mol. The summed E-state index contributed by atoms with van der Waals surface area (Å²) in [6.07, 6.45) is 0.611. The molecular weight excluding hydrogens is 421 g/mol. The van der Waals surface area contributed by atoms with Crippen LogP contribution in [-0.2, 0) is 9.31 Å². The molecule has 8 heteroatoms. The Bertz CT molecular complexity index is 1210. The number of aldehydes is 1. The van der Waals surface area contributed by atoms with E-state index in [4.69, 9.17) is 14.0 Å². The number of benzene rings is 2. The van der Waals surface area contributed by atoms with Crippen LogP contribution in [0, 0.1) is 0 Å². The minimum atomic E-state index is -1.19. The van der Waals surface area contributed by atoms with Crippen LogP contribution in [0.1, 0.15) is 62.4 Å². The Balaban J connectivity index is 1.86. The number of nitrogens with zero attached hydrogens (tertiary/aromatic N) is 1.